The fourth-order valence-electron chi connectivity index (χ4n) is 2.52. The van der Waals surface area contributed by atoms with E-state index in [4.69, 9.17) is 0 Å². The lowest BCUT2D eigenvalue weighted by Crippen LogP contribution is -2.44. The van der Waals surface area contributed by atoms with Gasteiger partial charge in [-0.25, -0.2) is 4.39 Å². The molecule has 0 radical (unpaired) electrons. The van der Waals surface area contributed by atoms with Gasteiger partial charge < -0.3 is 15.4 Å². The highest BCUT2D eigenvalue weighted by Gasteiger charge is 2.22. The van der Waals surface area contributed by atoms with Crippen LogP contribution in [0.1, 0.15) is 44.5 Å². The highest BCUT2D eigenvalue weighted by atomic mass is 19.1. The van der Waals surface area contributed by atoms with E-state index >= 15 is 0 Å². The molecular formula is C17H25FN2O. The van der Waals surface area contributed by atoms with Crippen LogP contribution in [0.2, 0.25) is 0 Å². The second kappa shape index (κ2) is 5.78. The number of hydrogen-bond donors (Lipinski definition) is 3. The first-order valence-electron chi connectivity index (χ1n) is 7.49. The Bertz CT molecular complexity index is 640. The van der Waals surface area contributed by atoms with E-state index in [1.165, 1.54) is 0 Å². The highest BCUT2D eigenvalue weighted by Crippen LogP contribution is 2.26. The zero-order chi connectivity index (χ0) is 15.8. The molecule has 3 N–H and O–H groups in total. The van der Waals surface area contributed by atoms with E-state index < -0.39 is 5.60 Å². The summed E-state index contributed by atoms with van der Waals surface area (Å²) in [5.74, 6) is -0.222. The average Bonchev–Trinajstić information content (AvgIpc) is 2.71. The molecule has 0 fully saturated rings. The Morgan fingerprint density at radius 1 is 1.38 bits per heavy atom. The van der Waals surface area contributed by atoms with Gasteiger partial charge >= 0.3 is 0 Å². The fraction of sp³-hybridized carbons (Fsp3) is 0.529. The maximum atomic E-state index is 13.9. The number of fused-ring (bicyclic) bond motifs is 1. The van der Waals surface area contributed by atoms with Crippen molar-refractivity contribution in [3.05, 3.63) is 34.8 Å². The predicted octanol–water partition coefficient (Wildman–Crippen LogP) is 3.43. The second-order valence-corrected chi connectivity index (χ2v) is 6.33. The van der Waals surface area contributed by atoms with Crippen molar-refractivity contribution in [3.63, 3.8) is 0 Å². The molecule has 0 bridgehead atoms. The molecule has 3 nitrogen and oxygen atoms in total. The number of benzene rings is 1. The fourth-order valence-corrected chi connectivity index (χ4v) is 2.52. The van der Waals surface area contributed by atoms with Gasteiger partial charge in [0.2, 0.25) is 0 Å². The van der Waals surface area contributed by atoms with Crippen LogP contribution in [0.3, 0.4) is 0 Å². The van der Waals surface area contributed by atoms with Crippen molar-refractivity contribution < 1.29 is 9.50 Å². The number of aliphatic hydroxyl groups is 1. The van der Waals surface area contributed by atoms with Crippen molar-refractivity contribution in [1.29, 1.82) is 0 Å². The van der Waals surface area contributed by atoms with Crippen molar-refractivity contribution in [3.8, 4) is 0 Å². The second-order valence-electron chi connectivity index (χ2n) is 6.33. The van der Waals surface area contributed by atoms with Crippen molar-refractivity contribution in [2.24, 2.45) is 0 Å². The van der Waals surface area contributed by atoms with Crippen LogP contribution < -0.4 is 5.32 Å². The van der Waals surface area contributed by atoms with Gasteiger partial charge in [-0.05, 0) is 57.4 Å². The third kappa shape index (κ3) is 3.27. The normalized spacial score (nSPS) is 13.9. The quantitative estimate of drug-likeness (QED) is 0.790. The van der Waals surface area contributed by atoms with E-state index in [0.29, 0.717) is 6.54 Å². The smallest absolute Gasteiger partial charge is 0.124 e. The van der Waals surface area contributed by atoms with Crippen LogP contribution in [0, 0.1) is 12.7 Å². The minimum absolute atomic E-state index is 0.0856. The van der Waals surface area contributed by atoms with Gasteiger partial charge in [0.05, 0.1) is 11.1 Å². The van der Waals surface area contributed by atoms with E-state index in [0.717, 1.165) is 34.1 Å². The van der Waals surface area contributed by atoms with Crippen LogP contribution in [0.5, 0.6) is 0 Å². The molecule has 0 saturated carbocycles. The third-order valence-electron chi connectivity index (χ3n) is 4.33. The summed E-state index contributed by atoms with van der Waals surface area (Å²) in [4.78, 5) is 3.40. The van der Waals surface area contributed by atoms with Crippen molar-refractivity contribution in [2.45, 2.75) is 59.2 Å². The van der Waals surface area contributed by atoms with Gasteiger partial charge in [0.15, 0.2) is 0 Å². The Morgan fingerprint density at radius 2 is 2.05 bits per heavy atom. The van der Waals surface area contributed by atoms with Gasteiger partial charge in [-0.3, -0.25) is 0 Å². The number of aromatic nitrogens is 1. The Balaban J connectivity index is 2.35. The first-order valence-corrected chi connectivity index (χ1v) is 7.49. The minimum Gasteiger partial charge on any atom is -0.389 e. The van der Waals surface area contributed by atoms with Crippen LogP contribution in [0.25, 0.3) is 10.9 Å². The highest BCUT2D eigenvalue weighted by molar-refractivity contribution is 5.87. The number of halogens is 1. The molecule has 1 heterocycles. The van der Waals surface area contributed by atoms with Gasteiger partial charge in [0.1, 0.15) is 5.82 Å². The lowest BCUT2D eigenvalue weighted by Gasteiger charge is -2.27. The molecule has 1 aromatic heterocycles. The lowest BCUT2D eigenvalue weighted by atomic mass is 10.0. The number of rotatable bonds is 5. The maximum absolute atomic E-state index is 13.9. The van der Waals surface area contributed by atoms with Crippen LogP contribution >= 0.6 is 0 Å². The minimum atomic E-state index is -0.813. The zero-order valence-electron chi connectivity index (χ0n) is 13.5. The number of nitrogens with one attached hydrogen (secondary N) is 2. The van der Waals surface area contributed by atoms with E-state index in [1.54, 1.807) is 26.0 Å². The monoisotopic (exact) mass is 292 g/mol. The molecule has 0 aliphatic rings. The van der Waals surface area contributed by atoms with Crippen LogP contribution in [0.4, 0.5) is 4.39 Å². The van der Waals surface area contributed by atoms with E-state index in [9.17, 15) is 9.50 Å². The van der Waals surface area contributed by atoms with Crippen LogP contribution in [0.15, 0.2) is 12.1 Å². The summed E-state index contributed by atoms with van der Waals surface area (Å²) in [6.45, 7) is 10.1. The van der Waals surface area contributed by atoms with Gasteiger partial charge in [0, 0.05) is 23.7 Å². The number of hydrogen-bond acceptors (Lipinski definition) is 2. The molecule has 1 atom stereocenters. The molecule has 4 heteroatoms. The first-order chi connectivity index (χ1) is 9.74. The van der Waals surface area contributed by atoms with Gasteiger partial charge in [-0.15, -0.1) is 0 Å². The summed E-state index contributed by atoms with van der Waals surface area (Å²) in [6, 6.07) is 3.06. The van der Waals surface area contributed by atoms with Gasteiger partial charge in [0.25, 0.3) is 0 Å². The molecule has 0 saturated heterocycles. The first kappa shape index (κ1) is 16.0. The largest absolute Gasteiger partial charge is 0.389 e. The molecule has 1 unspecified atom stereocenters. The zero-order valence-corrected chi connectivity index (χ0v) is 13.5. The summed E-state index contributed by atoms with van der Waals surface area (Å²) in [7, 11) is 0. The molecule has 116 valence electrons. The average molecular weight is 292 g/mol. The molecule has 0 spiro atoms. The molecule has 1 aromatic carbocycles. The Kier molecular flexibility index (Phi) is 4.40. The van der Waals surface area contributed by atoms with E-state index in [2.05, 4.69) is 17.2 Å². The van der Waals surface area contributed by atoms with E-state index in [1.807, 2.05) is 13.8 Å². The van der Waals surface area contributed by atoms with E-state index in [-0.39, 0.29) is 11.9 Å². The van der Waals surface area contributed by atoms with Crippen molar-refractivity contribution in [2.75, 3.05) is 0 Å². The molecule has 0 amide bonds. The molecule has 2 rings (SSSR count). The maximum Gasteiger partial charge on any atom is 0.124 e. The standard InChI is InChI=1S/C17H25FN2O/c1-6-15-10(2)14-8-13(18)7-12(16(14)20-15)9-19-11(3)17(4,5)21/h7-8,11,19-21H,6,9H2,1-5H3. The topological polar surface area (TPSA) is 48.0 Å². The molecule has 21 heavy (non-hydrogen) atoms. The molecule has 0 aliphatic heterocycles. The predicted molar refractivity (Wildman–Crippen MR) is 85.0 cm³/mol. The summed E-state index contributed by atoms with van der Waals surface area (Å²) >= 11 is 0. The number of aryl methyl sites for hydroxylation is 2. The summed E-state index contributed by atoms with van der Waals surface area (Å²) in [5, 5.41) is 14.2. The Morgan fingerprint density at radius 3 is 2.62 bits per heavy atom. The summed E-state index contributed by atoms with van der Waals surface area (Å²) in [6.07, 6.45) is 0.898. The third-order valence-corrected chi connectivity index (χ3v) is 4.33. The molecule has 0 aliphatic carbocycles. The lowest BCUT2D eigenvalue weighted by molar-refractivity contribution is 0.0437. The van der Waals surface area contributed by atoms with Gasteiger partial charge in [-0.1, -0.05) is 6.92 Å². The Labute approximate surface area is 125 Å². The number of H-pyrrole nitrogens is 1. The van der Waals surface area contributed by atoms with Crippen molar-refractivity contribution >= 4 is 10.9 Å². The summed E-state index contributed by atoms with van der Waals surface area (Å²) in [5.41, 5.74) is 3.33. The Hall–Kier alpha value is -1.39. The van der Waals surface area contributed by atoms with Gasteiger partial charge in [-0.2, -0.15) is 0 Å². The molecule has 2 aromatic rings. The molecular weight excluding hydrogens is 267 g/mol. The SMILES string of the molecule is CCc1[nH]c2c(CNC(C)C(C)(C)O)cc(F)cc2c1C. The van der Waals surface area contributed by atoms with Crippen LogP contribution in [-0.4, -0.2) is 21.7 Å². The summed E-state index contributed by atoms with van der Waals surface area (Å²) < 4.78 is 13.9. The number of aromatic amines is 1. The van der Waals surface area contributed by atoms with Crippen molar-refractivity contribution in [1.82, 2.24) is 10.3 Å². The van der Waals surface area contributed by atoms with Crippen LogP contribution in [-0.2, 0) is 13.0 Å².